The summed E-state index contributed by atoms with van der Waals surface area (Å²) in [5.74, 6) is 0. The Morgan fingerprint density at radius 3 is 2.31 bits per heavy atom. The van der Waals surface area contributed by atoms with Gasteiger partial charge in [0.25, 0.3) is 0 Å². The zero-order valence-corrected chi connectivity index (χ0v) is 17.9. The van der Waals surface area contributed by atoms with Gasteiger partial charge in [-0.2, -0.15) is 42.0 Å². The number of rotatable bonds is 1. The summed E-state index contributed by atoms with van der Waals surface area (Å²) in [6.07, 6.45) is 4.48. The Morgan fingerprint density at radius 2 is 1.58 bits per heavy atom. The van der Waals surface area contributed by atoms with Crippen LogP contribution in [0.5, 0.6) is 0 Å². The second-order valence-corrected chi connectivity index (χ2v) is 5.58. The SMILES string of the molecule is [Cl-].[Cl-].[Zr+4].[c-]1cccc2c1Cc1ccccc1-2.c1cc[c-](-c2ccoc2)c1. The molecule has 0 unspecified atom stereocenters. The van der Waals surface area contributed by atoms with Crippen molar-refractivity contribution in [2.75, 3.05) is 0 Å². The molecule has 0 spiro atoms. The van der Waals surface area contributed by atoms with E-state index in [9.17, 15) is 0 Å². The molecule has 4 aromatic rings. The molecule has 0 fully saturated rings. The maximum Gasteiger partial charge on any atom is 4.00 e. The van der Waals surface area contributed by atoms with E-state index >= 15 is 0 Å². The predicted molar refractivity (Wildman–Crippen MR) is 93.3 cm³/mol. The molecule has 0 saturated carbocycles. The van der Waals surface area contributed by atoms with E-state index in [4.69, 9.17) is 4.42 Å². The Bertz CT molecular complexity index is 824. The van der Waals surface area contributed by atoms with Crippen molar-refractivity contribution in [1.29, 1.82) is 0 Å². The van der Waals surface area contributed by atoms with Gasteiger partial charge in [-0.25, -0.2) is 0 Å². The fourth-order valence-corrected chi connectivity index (χ4v) is 2.99. The molecule has 5 rings (SSSR count). The Labute approximate surface area is 185 Å². The van der Waals surface area contributed by atoms with Gasteiger partial charge in [0.2, 0.25) is 0 Å². The van der Waals surface area contributed by atoms with Crippen molar-refractivity contribution in [2.45, 2.75) is 6.42 Å². The average molecular weight is 458 g/mol. The molecule has 0 bridgehead atoms. The smallest absolute Gasteiger partial charge is 1.00 e. The van der Waals surface area contributed by atoms with Crippen LogP contribution in [0.3, 0.4) is 0 Å². The van der Waals surface area contributed by atoms with Gasteiger partial charge in [-0.3, -0.25) is 0 Å². The minimum absolute atomic E-state index is 0. The summed E-state index contributed by atoms with van der Waals surface area (Å²) < 4.78 is 4.94. The molecule has 0 radical (unpaired) electrons. The minimum Gasteiger partial charge on any atom is -1.00 e. The third kappa shape index (κ3) is 4.83. The van der Waals surface area contributed by atoms with Crippen molar-refractivity contribution in [3.8, 4) is 22.3 Å². The molecule has 1 heterocycles. The van der Waals surface area contributed by atoms with Crippen LogP contribution >= 0.6 is 0 Å². The fraction of sp³-hybridized carbons (Fsp3) is 0.0455. The summed E-state index contributed by atoms with van der Waals surface area (Å²) in [7, 11) is 0. The first-order valence-electron chi connectivity index (χ1n) is 7.74. The maximum absolute atomic E-state index is 4.94. The van der Waals surface area contributed by atoms with E-state index in [0.717, 1.165) is 12.0 Å². The van der Waals surface area contributed by atoms with Gasteiger partial charge in [0.1, 0.15) is 0 Å². The Balaban J connectivity index is 0.000000239. The molecule has 1 aliphatic rings. The van der Waals surface area contributed by atoms with Crippen LogP contribution in [0.2, 0.25) is 0 Å². The average Bonchev–Trinajstić information content (AvgIpc) is 3.34. The van der Waals surface area contributed by atoms with Crippen LogP contribution in [-0.2, 0) is 32.6 Å². The van der Waals surface area contributed by atoms with Gasteiger partial charge in [-0.1, -0.05) is 52.6 Å². The number of hydrogen-bond donors (Lipinski definition) is 0. The fourth-order valence-electron chi connectivity index (χ4n) is 2.99. The third-order valence-corrected chi connectivity index (χ3v) is 4.13. The van der Waals surface area contributed by atoms with Gasteiger partial charge in [-0.05, 0) is 6.42 Å². The molecule has 128 valence electrons. The number of halogens is 2. The molecule has 0 aliphatic heterocycles. The first kappa shape index (κ1) is 22.6. The van der Waals surface area contributed by atoms with Crippen molar-refractivity contribution in [2.24, 2.45) is 0 Å². The van der Waals surface area contributed by atoms with Crippen molar-refractivity contribution in [3.05, 3.63) is 103 Å². The zero-order chi connectivity index (χ0) is 15.5. The van der Waals surface area contributed by atoms with Gasteiger partial charge in [0.15, 0.2) is 0 Å². The summed E-state index contributed by atoms with van der Waals surface area (Å²) in [6, 6.07) is 28.2. The summed E-state index contributed by atoms with van der Waals surface area (Å²) in [5.41, 5.74) is 7.87. The van der Waals surface area contributed by atoms with Gasteiger partial charge in [0.05, 0.1) is 0 Å². The standard InChI is InChI=1S/C13H9.C9H7O.2ClH.Zr/c1-3-7-12-10(5-1)9-11-6-2-4-8-13(11)12;1-2-4-8(3-1)9-5-6-10-7-9;;;/h1-5,7-8H,9H2;1-7H;2*1H;/q2*-1;;;+4/p-2. The van der Waals surface area contributed by atoms with E-state index in [2.05, 4.69) is 54.6 Å². The Hall–Kier alpha value is -1.47. The molecule has 0 amide bonds. The quantitative estimate of drug-likeness (QED) is 0.316. The molecular weight excluding hydrogens is 442 g/mol. The number of furan rings is 1. The van der Waals surface area contributed by atoms with E-state index in [-0.39, 0.29) is 51.0 Å². The molecule has 0 saturated heterocycles. The van der Waals surface area contributed by atoms with Crippen LogP contribution in [0.15, 0.2) is 89.7 Å². The molecule has 26 heavy (non-hydrogen) atoms. The minimum atomic E-state index is 0. The zero-order valence-electron chi connectivity index (χ0n) is 14.0. The Kier molecular flexibility index (Phi) is 9.23. The summed E-state index contributed by atoms with van der Waals surface area (Å²) in [5, 5.41) is 0. The van der Waals surface area contributed by atoms with Gasteiger partial charge < -0.3 is 29.2 Å². The molecular formula is C22H16Cl2OZr. The topological polar surface area (TPSA) is 13.1 Å². The van der Waals surface area contributed by atoms with Crippen molar-refractivity contribution >= 4 is 0 Å². The van der Waals surface area contributed by atoms with Crippen LogP contribution < -0.4 is 24.8 Å². The van der Waals surface area contributed by atoms with Gasteiger partial charge in [0, 0.05) is 12.5 Å². The van der Waals surface area contributed by atoms with Crippen LogP contribution in [0.25, 0.3) is 22.3 Å². The molecule has 1 nitrogen and oxygen atoms in total. The summed E-state index contributed by atoms with van der Waals surface area (Å²) >= 11 is 0. The third-order valence-electron chi connectivity index (χ3n) is 4.13. The van der Waals surface area contributed by atoms with Gasteiger partial charge >= 0.3 is 26.2 Å². The second-order valence-electron chi connectivity index (χ2n) is 5.58. The first-order valence-corrected chi connectivity index (χ1v) is 7.74. The maximum atomic E-state index is 4.94. The monoisotopic (exact) mass is 456 g/mol. The van der Waals surface area contributed by atoms with Crippen LogP contribution in [0, 0.1) is 6.07 Å². The molecule has 1 aromatic heterocycles. The first-order chi connectivity index (χ1) is 11.4. The predicted octanol–water partition coefficient (Wildman–Crippen LogP) is -0.271. The summed E-state index contributed by atoms with van der Waals surface area (Å²) in [4.78, 5) is 0. The van der Waals surface area contributed by atoms with Crippen LogP contribution in [-0.4, -0.2) is 0 Å². The van der Waals surface area contributed by atoms with Crippen molar-refractivity contribution < 1.29 is 55.4 Å². The molecule has 0 N–H and O–H groups in total. The van der Waals surface area contributed by atoms with Crippen molar-refractivity contribution in [3.63, 3.8) is 0 Å². The van der Waals surface area contributed by atoms with E-state index in [1.807, 2.05) is 24.3 Å². The normalized spacial score (nSPS) is 10.0. The van der Waals surface area contributed by atoms with E-state index in [1.54, 1.807) is 12.5 Å². The van der Waals surface area contributed by atoms with Crippen LogP contribution in [0.1, 0.15) is 11.1 Å². The number of fused-ring (bicyclic) bond motifs is 3. The van der Waals surface area contributed by atoms with Crippen molar-refractivity contribution in [1.82, 2.24) is 0 Å². The largest absolute Gasteiger partial charge is 4.00 e. The van der Waals surface area contributed by atoms with Crippen LogP contribution in [0.4, 0.5) is 0 Å². The molecule has 0 atom stereocenters. The molecule has 4 heteroatoms. The number of benzene rings is 2. The molecule has 1 aliphatic carbocycles. The summed E-state index contributed by atoms with van der Waals surface area (Å²) in [6.45, 7) is 0. The number of hydrogen-bond acceptors (Lipinski definition) is 1. The van der Waals surface area contributed by atoms with Gasteiger partial charge in [-0.15, -0.1) is 17.7 Å². The second kappa shape index (κ2) is 10.6. The van der Waals surface area contributed by atoms with E-state index in [0.29, 0.717) is 0 Å². The van der Waals surface area contributed by atoms with E-state index in [1.165, 1.54) is 27.8 Å². The molecule has 3 aromatic carbocycles. The Morgan fingerprint density at radius 1 is 0.846 bits per heavy atom. The van der Waals surface area contributed by atoms with E-state index < -0.39 is 0 Å².